The Bertz CT molecular complexity index is 724. The Balaban J connectivity index is 2.19. The van der Waals surface area contributed by atoms with E-state index >= 15 is 0 Å². The number of ether oxygens (including phenoxy) is 2. The smallest absolute Gasteiger partial charge is 0.273 e. The van der Waals surface area contributed by atoms with Crippen LogP contribution in [0.4, 0.5) is 5.82 Å². The van der Waals surface area contributed by atoms with Crippen LogP contribution in [0.15, 0.2) is 42.6 Å². The number of halogens is 3. The van der Waals surface area contributed by atoms with Crippen molar-refractivity contribution in [3.63, 3.8) is 0 Å². The zero-order chi connectivity index (χ0) is 18.4. The van der Waals surface area contributed by atoms with E-state index in [1.54, 1.807) is 36.5 Å². The predicted octanol–water partition coefficient (Wildman–Crippen LogP) is 3.06. The van der Waals surface area contributed by atoms with Crippen molar-refractivity contribution in [2.75, 3.05) is 19.5 Å². The topological polar surface area (TPSA) is 73.7 Å². The standard InChI is InChI=1S/C16H16Cl3N3O3/c1-24-11-7-6-10(9-12(11)25-2)14(23)22-15(16(17,18)19)21-13-5-3-4-8-20-13/h3-9,15H,1-2H3,(H,20,21)(H,22,23)/p+1/t15-/m0/s1. The number of hydrogen-bond acceptors (Lipinski definition) is 4. The lowest BCUT2D eigenvalue weighted by Gasteiger charge is -2.22. The van der Waals surface area contributed by atoms with Gasteiger partial charge in [-0.3, -0.25) is 4.79 Å². The fraction of sp³-hybridized carbons (Fsp3) is 0.250. The monoisotopic (exact) mass is 404 g/mol. The van der Waals surface area contributed by atoms with Crippen molar-refractivity contribution < 1.29 is 19.3 Å². The molecular formula is C16H17Cl3N3O3+. The van der Waals surface area contributed by atoms with Crippen LogP contribution in [0.5, 0.6) is 11.5 Å². The normalized spacial score (nSPS) is 12.2. The van der Waals surface area contributed by atoms with Crippen molar-refractivity contribution in [1.82, 2.24) is 5.32 Å². The molecule has 0 fully saturated rings. The second kappa shape index (κ2) is 8.47. The molecule has 0 bridgehead atoms. The molecule has 2 aromatic rings. The predicted molar refractivity (Wildman–Crippen MR) is 97.7 cm³/mol. The van der Waals surface area contributed by atoms with Gasteiger partial charge >= 0.3 is 0 Å². The highest BCUT2D eigenvalue weighted by Crippen LogP contribution is 2.31. The summed E-state index contributed by atoms with van der Waals surface area (Å²) in [7, 11) is 2.99. The highest BCUT2D eigenvalue weighted by molar-refractivity contribution is 6.68. The van der Waals surface area contributed by atoms with Gasteiger partial charge in [0.25, 0.3) is 11.7 Å². The molecule has 3 N–H and O–H groups in total. The van der Waals surface area contributed by atoms with E-state index in [2.05, 4.69) is 15.6 Å². The van der Waals surface area contributed by atoms with E-state index in [1.807, 2.05) is 0 Å². The van der Waals surface area contributed by atoms with E-state index < -0.39 is 15.9 Å². The molecule has 0 saturated carbocycles. The first kappa shape index (κ1) is 19.4. The summed E-state index contributed by atoms with van der Waals surface area (Å²) < 4.78 is 8.56. The number of pyridine rings is 1. The average Bonchev–Trinajstić information content (AvgIpc) is 2.60. The summed E-state index contributed by atoms with van der Waals surface area (Å²) in [5.41, 5.74) is 0.329. The molecule has 0 aliphatic carbocycles. The molecule has 134 valence electrons. The van der Waals surface area contributed by atoms with Gasteiger partial charge in [0, 0.05) is 11.6 Å². The van der Waals surface area contributed by atoms with Gasteiger partial charge in [0.1, 0.15) is 0 Å². The maximum atomic E-state index is 12.5. The quantitative estimate of drug-likeness (QED) is 0.572. The molecule has 1 aromatic carbocycles. The summed E-state index contributed by atoms with van der Waals surface area (Å²) in [5.74, 6) is 1.06. The highest BCUT2D eigenvalue weighted by Gasteiger charge is 2.38. The van der Waals surface area contributed by atoms with E-state index in [-0.39, 0.29) is 0 Å². The number of benzene rings is 1. The highest BCUT2D eigenvalue weighted by atomic mass is 35.6. The maximum absolute atomic E-state index is 12.5. The summed E-state index contributed by atoms with van der Waals surface area (Å²) in [5, 5.41) is 5.58. The number of aromatic amines is 1. The van der Waals surface area contributed by atoms with Gasteiger partial charge in [-0.2, -0.15) is 0 Å². The first-order valence-corrected chi connectivity index (χ1v) is 8.31. The van der Waals surface area contributed by atoms with Gasteiger partial charge in [-0.1, -0.05) is 40.9 Å². The van der Waals surface area contributed by atoms with Crippen LogP contribution < -0.4 is 25.1 Å². The van der Waals surface area contributed by atoms with Gasteiger partial charge in [-0.25, -0.2) is 10.3 Å². The first-order valence-electron chi connectivity index (χ1n) is 7.18. The van der Waals surface area contributed by atoms with Crippen molar-refractivity contribution >= 4 is 46.5 Å². The Hall–Kier alpha value is -1.89. The minimum atomic E-state index is -1.78. The summed E-state index contributed by atoms with van der Waals surface area (Å²) in [6.07, 6.45) is 0.727. The van der Waals surface area contributed by atoms with Crippen molar-refractivity contribution in [3.8, 4) is 11.5 Å². The zero-order valence-electron chi connectivity index (χ0n) is 13.5. The number of carbonyl (C=O) groups is 1. The fourth-order valence-corrected chi connectivity index (χ4v) is 2.36. The second-order valence-electron chi connectivity index (χ2n) is 4.94. The number of carbonyl (C=O) groups excluding carboxylic acids is 1. The van der Waals surface area contributed by atoms with E-state index in [1.165, 1.54) is 20.3 Å². The van der Waals surface area contributed by atoms with Crippen LogP contribution in [0.3, 0.4) is 0 Å². The van der Waals surface area contributed by atoms with Gasteiger partial charge in [-0.05, 0) is 24.3 Å². The second-order valence-corrected chi connectivity index (χ2v) is 7.31. The minimum absolute atomic E-state index is 0.329. The lowest BCUT2D eigenvalue weighted by atomic mass is 10.2. The zero-order valence-corrected chi connectivity index (χ0v) is 15.7. The third kappa shape index (κ3) is 5.29. The largest absolute Gasteiger partial charge is 0.493 e. The number of nitrogens with one attached hydrogen (secondary N) is 3. The number of aromatic nitrogens is 1. The summed E-state index contributed by atoms with van der Waals surface area (Å²) in [6.45, 7) is 0. The number of anilines is 1. The molecule has 0 saturated heterocycles. The van der Waals surface area contributed by atoms with Crippen LogP contribution in [-0.4, -0.2) is 30.1 Å². The Morgan fingerprint density at radius 3 is 2.40 bits per heavy atom. The lowest BCUT2D eigenvalue weighted by Crippen LogP contribution is -2.49. The molecule has 0 aliphatic heterocycles. The SMILES string of the molecule is COc1ccc(C(=O)N[C@H](Nc2cccc[nH+]2)C(Cl)(Cl)Cl)cc1OC. The number of alkyl halides is 3. The molecule has 9 heteroatoms. The Kier molecular flexibility index (Phi) is 6.58. The van der Waals surface area contributed by atoms with Crippen molar-refractivity contribution in [2.45, 2.75) is 9.96 Å². The van der Waals surface area contributed by atoms with E-state index in [0.717, 1.165) is 0 Å². The first-order chi connectivity index (χ1) is 11.8. The van der Waals surface area contributed by atoms with Crippen LogP contribution in [0.1, 0.15) is 10.4 Å². The minimum Gasteiger partial charge on any atom is -0.493 e. The molecule has 0 spiro atoms. The van der Waals surface area contributed by atoms with Crippen LogP contribution in [0.25, 0.3) is 0 Å². The van der Waals surface area contributed by atoms with Gasteiger partial charge < -0.3 is 14.8 Å². The van der Waals surface area contributed by atoms with Gasteiger partial charge in [0.15, 0.2) is 11.5 Å². The number of H-pyrrole nitrogens is 1. The summed E-state index contributed by atoms with van der Waals surface area (Å²) in [4.78, 5) is 15.5. The third-order valence-electron chi connectivity index (χ3n) is 3.26. The Labute approximate surface area is 160 Å². The van der Waals surface area contributed by atoms with Crippen LogP contribution in [-0.2, 0) is 0 Å². The van der Waals surface area contributed by atoms with Crippen LogP contribution in [0.2, 0.25) is 0 Å². The number of rotatable bonds is 6. The van der Waals surface area contributed by atoms with Crippen LogP contribution in [0, 0.1) is 0 Å². The van der Waals surface area contributed by atoms with Crippen LogP contribution >= 0.6 is 34.8 Å². The average molecular weight is 406 g/mol. The number of amides is 1. The molecule has 0 unspecified atom stereocenters. The molecule has 0 radical (unpaired) electrons. The molecular weight excluding hydrogens is 389 g/mol. The van der Waals surface area contributed by atoms with Gasteiger partial charge in [0.2, 0.25) is 9.96 Å². The molecule has 2 rings (SSSR count). The fourth-order valence-electron chi connectivity index (χ4n) is 2.03. The number of hydrogen-bond donors (Lipinski definition) is 2. The molecule has 6 nitrogen and oxygen atoms in total. The van der Waals surface area contributed by atoms with E-state index in [0.29, 0.717) is 22.9 Å². The Morgan fingerprint density at radius 1 is 1.12 bits per heavy atom. The van der Waals surface area contributed by atoms with E-state index in [9.17, 15) is 4.79 Å². The van der Waals surface area contributed by atoms with Gasteiger partial charge in [0.05, 0.1) is 20.4 Å². The Morgan fingerprint density at radius 2 is 1.84 bits per heavy atom. The summed E-state index contributed by atoms with van der Waals surface area (Å²) >= 11 is 17.9. The molecule has 1 atom stereocenters. The number of methoxy groups -OCH3 is 2. The molecule has 1 aromatic heterocycles. The van der Waals surface area contributed by atoms with Crippen molar-refractivity contribution in [1.29, 1.82) is 0 Å². The van der Waals surface area contributed by atoms with Crippen molar-refractivity contribution in [3.05, 3.63) is 48.2 Å². The lowest BCUT2D eigenvalue weighted by molar-refractivity contribution is -0.361. The maximum Gasteiger partial charge on any atom is 0.273 e. The molecule has 1 heterocycles. The molecule has 25 heavy (non-hydrogen) atoms. The molecule has 0 aliphatic rings. The summed E-state index contributed by atoms with van der Waals surface area (Å²) in [6, 6.07) is 10.1. The van der Waals surface area contributed by atoms with Gasteiger partial charge in [-0.15, -0.1) is 0 Å². The van der Waals surface area contributed by atoms with E-state index in [4.69, 9.17) is 44.3 Å². The molecule has 1 amide bonds. The van der Waals surface area contributed by atoms with Crippen molar-refractivity contribution in [2.24, 2.45) is 0 Å². The third-order valence-corrected chi connectivity index (χ3v) is 3.91.